The lowest BCUT2D eigenvalue weighted by molar-refractivity contribution is 0.0979. The summed E-state index contributed by atoms with van der Waals surface area (Å²) in [4.78, 5) is 4.31. The van der Waals surface area contributed by atoms with Crippen LogP contribution in [0.15, 0.2) is 53.4 Å². The summed E-state index contributed by atoms with van der Waals surface area (Å²) in [6.45, 7) is 6.33. The van der Waals surface area contributed by atoms with E-state index in [4.69, 9.17) is 11.6 Å². The van der Waals surface area contributed by atoms with E-state index in [0.29, 0.717) is 6.54 Å². The molecule has 152 valence electrons. The molecule has 0 N–H and O–H groups in total. The highest BCUT2D eigenvalue weighted by Crippen LogP contribution is 2.28. The number of rotatable bonds is 6. The van der Waals surface area contributed by atoms with Gasteiger partial charge >= 0.3 is 5.76 Å². The zero-order valence-electron chi connectivity index (χ0n) is 15.6. The Labute approximate surface area is 169 Å². The van der Waals surface area contributed by atoms with Gasteiger partial charge in [0.15, 0.2) is 0 Å². The van der Waals surface area contributed by atoms with Crippen molar-refractivity contribution in [2.75, 3.05) is 26.2 Å². The van der Waals surface area contributed by atoms with Gasteiger partial charge in [-0.2, -0.15) is 8.78 Å². The van der Waals surface area contributed by atoms with Crippen LogP contribution in [-0.4, -0.2) is 50.2 Å². The fourth-order valence-electron chi connectivity index (χ4n) is 3.46. The van der Waals surface area contributed by atoms with E-state index in [9.17, 15) is 17.2 Å². The SMILES string of the molecule is CC(c1ccccc1Cl)N1CCN(Cc2ccc(S(=O)(=O)C(F)F)cc2)CC1. The number of hydrogen-bond donors (Lipinski definition) is 0. The summed E-state index contributed by atoms with van der Waals surface area (Å²) in [6, 6.07) is 13.8. The first-order chi connectivity index (χ1) is 13.3. The second-order valence-corrected chi connectivity index (χ2v) is 9.28. The van der Waals surface area contributed by atoms with Gasteiger partial charge < -0.3 is 0 Å². The van der Waals surface area contributed by atoms with Crippen molar-refractivity contribution in [2.45, 2.75) is 30.2 Å². The molecule has 0 amide bonds. The molecule has 1 atom stereocenters. The van der Waals surface area contributed by atoms with Gasteiger partial charge in [-0.15, -0.1) is 0 Å². The quantitative estimate of drug-likeness (QED) is 0.690. The maximum atomic E-state index is 12.6. The third-order valence-electron chi connectivity index (χ3n) is 5.20. The van der Waals surface area contributed by atoms with Crippen LogP contribution in [0, 0.1) is 0 Å². The molecule has 28 heavy (non-hydrogen) atoms. The molecule has 1 aliphatic rings. The summed E-state index contributed by atoms with van der Waals surface area (Å²) in [7, 11) is -4.54. The number of benzene rings is 2. The molecule has 0 bridgehead atoms. The van der Waals surface area contributed by atoms with Crippen LogP contribution in [0.1, 0.15) is 24.1 Å². The van der Waals surface area contributed by atoms with E-state index in [1.165, 1.54) is 12.1 Å². The third kappa shape index (κ3) is 4.71. The summed E-state index contributed by atoms with van der Waals surface area (Å²) in [6.07, 6.45) is 0. The Morgan fingerprint density at radius 3 is 2.18 bits per heavy atom. The van der Waals surface area contributed by atoms with Crippen molar-refractivity contribution in [1.29, 1.82) is 0 Å². The Morgan fingerprint density at radius 2 is 1.61 bits per heavy atom. The van der Waals surface area contributed by atoms with Gasteiger partial charge in [-0.3, -0.25) is 9.80 Å². The Kier molecular flexibility index (Phi) is 6.70. The predicted octanol–water partition coefficient (Wildman–Crippen LogP) is 4.22. The number of nitrogens with zero attached hydrogens (tertiary/aromatic N) is 2. The lowest BCUT2D eigenvalue weighted by atomic mass is 10.1. The molecule has 2 aromatic rings. The average Bonchev–Trinajstić information content (AvgIpc) is 2.69. The summed E-state index contributed by atoms with van der Waals surface area (Å²) in [5.74, 6) is -3.40. The molecule has 0 aliphatic carbocycles. The van der Waals surface area contributed by atoms with Crippen molar-refractivity contribution >= 4 is 21.4 Å². The van der Waals surface area contributed by atoms with E-state index in [0.717, 1.165) is 42.3 Å². The van der Waals surface area contributed by atoms with E-state index >= 15 is 0 Å². The van der Waals surface area contributed by atoms with Crippen LogP contribution in [0.4, 0.5) is 8.78 Å². The van der Waals surface area contributed by atoms with Gasteiger partial charge in [0.2, 0.25) is 9.84 Å². The number of piperazine rings is 1. The second kappa shape index (κ2) is 8.86. The van der Waals surface area contributed by atoms with Gasteiger partial charge in [0.1, 0.15) is 0 Å². The highest BCUT2D eigenvalue weighted by molar-refractivity contribution is 7.91. The molecule has 1 fully saturated rings. The summed E-state index contributed by atoms with van der Waals surface area (Å²) in [5, 5.41) is 0.774. The minimum Gasteiger partial charge on any atom is -0.297 e. The molecule has 2 aromatic carbocycles. The molecule has 0 aromatic heterocycles. The average molecular weight is 429 g/mol. The highest BCUT2D eigenvalue weighted by atomic mass is 35.5. The van der Waals surface area contributed by atoms with Crippen molar-refractivity contribution in [3.8, 4) is 0 Å². The standard InChI is InChI=1S/C20H23ClF2N2O2S/c1-15(18-4-2-3-5-19(18)21)25-12-10-24(11-13-25)14-16-6-8-17(9-7-16)28(26,27)20(22)23/h2-9,15,20H,10-14H2,1H3. The summed E-state index contributed by atoms with van der Waals surface area (Å²) >= 11 is 6.31. The summed E-state index contributed by atoms with van der Waals surface area (Å²) < 4.78 is 48.2. The molecule has 8 heteroatoms. The third-order valence-corrected chi connectivity index (χ3v) is 6.95. The van der Waals surface area contributed by atoms with E-state index in [1.807, 2.05) is 24.3 Å². The minimum absolute atomic E-state index is 0.231. The normalized spacial score (nSPS) is 17.8. The van der Waals surface area contributed by atoms with Gasteiger partial charge in [-0.25, -0.2) is 8.42 Å². The van der Waals surface area contributed by atoms with Gasteiger partial charge in [0.25, 0.3) is 0 Å². The Bertz CT molecular complexity index is 899. The Balaban J connectivity index is 1.57. The zero-order chi connectivity index (χ0) is 20.3. The Morgan fingerprint density at radius 1 is 1.00 bits per heavy atom. The molecule has 0 saturated carbocycles. The van der Waals surface area contributed by atoms with Crippen LogP contribution in [0.25, 0.3) is 0 Å². The van der Waals surface area contributed by atoms with Crippen molar-refractivity contribution in [2.24, 2.45) is 0 Å². The van der Waals surface area contributed by atoms with E-state index in [-0.39, 0.29) is 10.9 Å². The van der Waals surface area contributed by atoms with Gasteiger partial charge in [0, 0.05) is 43.8 Å². The molecule has 1 aliphatic heterocycles. The van der Waals surface area contributed by atoms with E-state index in [1.54, 1.807) is 12.1 Å². The molecule has 1 unspecified atom stereocenters. The monoisotopic (exact) mass is 428 g/mol. The van der Waals surface area contributed by atoms with Gasteiger partial charge in [-0.05, 0) is 36.2 Å². The minimum atomic E-state index is -4.54. The smallest absolute Gasteiger partial charge is 0.297 e. The first kappa shape index (κ1) is 21.2. The number of alkyl halides is 2. The van der Waals surface area contributed by atoms with Crippen molar-refractivity contribution in [1.82, 2.24) is 9.80 Å². The molecule has 4 nitrogen and oxygen atoms in total. The molecular formula is C20H23ClF2N2O2S. The maximum absolute atomic E-state index is 12.6. The van der Waals surface area contributed by atoms with Crippen molar-refractivity contribution < 1.29 is 17.2 Å². The predicted molar refractivity (Wildman–Crippen MR) is 106 cm³/mol. The zero-order valence-corrected chi connectivity index (χ0v) is 17.1. The second-order valence-electron chi connectivity index (χ2n) is 6.96. The first-order valence-electron chi connectivity index (χ1n) is 9.11. The topological polar surface area (TPSA) is 40.6 Å². The molecule has 0 spiro atoms. The van der Waals surface area contributed by atoms with Crippen molar-refractivity contribution in [3.63, 3.8) is 0 Å². The van der Waals surface area contributed by atoms with Crippen LogP contribution in [-0.2, 0) is 16.4 Å². The fourth-order valence-corrected chi connectivity index (χ4v) is 4.48. The number of halogens is 3. The van der Waals surface area contributed by atoms with Crippen molar-refractivity contribution in [3.05, 3.63) is 64.7 Å². The first-order valence-corrected chi connectivity index (χ1v) is 11.0. The fraction of sp³-hybridized carbons (Fsp3) is 0.400. The van der Waals surface area contributed by atoms with E-state index < -0.39 is 15.6 Å². The largest absolute Gasteiger partial charge is 0.341 e. The molecule has 1 saturated heterocycles. The molecular weight excluding hydrogens is 406 g/mol. The van der Waals surface area contributed by atoms with E-state index in [2.05, 4.69) is 16.7 Å². The lowest BCUT2D eigenvalue weighted by Gasteiger charge is -2.38. The van der Waals surface area contributed by atoms with Crippen LogP contribution in [0.3, 0.4) is 0 Å². The van der Waals surface area contributed by atoms with Gasteiger partial charge in [-0.1, -0.05) is 41.9 Å². The molecule has 3 rings (SSSR count). The van der Waals surface area contributed by atoms with Crippen LogP contribution in [0.5, 0.6) is 0 Å². The van der Waals surface area contributed by atoms with Gasteiger partial charge in [0.05, 0.1) is 4.90 Å². The highest BCUT2D eigenvalue weighted by Gasteiger charge is 2.27. The van der Waals surface area contributed by atoms with Crippen LogP contribution < -0.4 is 0 Å². The molecule has 0 radical (unpaired) electrons. The van der Waals surface area contributed by atoms with Crippen LogP contribution >= 0.6 is 11.6 Å². The maximum Gasteiger partial charge on any atom is 0.341 e. The number of hydrogen-bond acceptors (Lipinski definition) is 4. The Hall–Kier alpha value is -1.54. The summed E-state index contributed by atoms with van der Waals surface area (Å²) in [5.41, 5.74) is 2.02. The lowest BCUT2D eigenvalue weighted by Crippen LogP contribution is -2.46. The van der Waals surface area contributed by atoms with Crippen LogP contribution in [0.2, 0.25) is 5.02 Å². The molecule has 1 heterocycles. The number of sulfone groups is 1.